The minimum atomic E-state index is 0.00504. The normalized spacial score (nSPS) is 10.2. The van der Waals surface area contributed by atoms with E-state index >= 15 is 0 Å². The Hall–Kier alpha value is -1.71. The van der Waals surface area contributed by atoms with Crippen molar-refractivity contribution < 1.29 is 9.53 Å². The van der Waals surface area contributed by atoms with Gasteiger partial charge in [0.05, 0.1) is 13.0 Å². The number of ether oxygens (including phenoxy) is 1. The Morgan fingerprint density at radius 1 is 1.38 bits per heavy atom. The topological polar surface area (TPSA) is 64.3 Å². The van der Waals surface area contributed by atoms with E-state index in [1.54, 1.807) is 24.3 Å². The largest absolute Gasteiger partial charge is 0.493 e. The van der Waals surface area contributed by atoms with Crippen molar-refractivity contribution in [1.82, 2.24) is 5.32 Å². The molecule has 4 nitrogen and oxygen atoms in total. The van der Waals surface area contributed by atoms with E-state index < -0.39 is 0 Å². The van der Waals surface area contributed by atoms with Gasteiger partial charge in [0, 0.05) is 11.7 Å². The molecule has 1 rings (SSSR count). The summed E-state index contributed by atoms with van der Waals surface area (Å²) >= 11 is 0. The van der Waals surface area contributed by atoms with Crippen molar-refractivity contribution in [3.05, 3.63) is 24.3 Å². The van der Waals surface area contributed by atoms with Crippen LogP contribution in [0.3, 0.4) is 0 Å². The van der Waals surface area contributed by atoms with Gasteiger partial charge in [-0.1, -0.05) is 0 Å². The van der Waals surface area contributed by atoms with Crippen LogP contribution in [0, 0.1) is 0 Å². The second-order valence-corrected chi connectivity index (χ2v) is 3.89. The number of nitrogens with one attached hydrogen (secondary N) is 1. The first-order valence-electron chi connectivity index (χ1n) is 5.35. The molecule has 0 atom stereocenters. The van der Waals surface area contributed by atoms with Gasteiger partial charge < -0.3 is 15.8 Å². The van der Waals surface area contributed by atoms with E-state index in [9.17, 15) is 4.79 Å². The van der Waals surface area contributed by atoms with Crippen LogP contribution in [0.2, 0.25) is 0 Å². The average Bonchev–Trinajstić information content (AvgIpc) is 2.20. The van der Waals surface area contributed by atoms with Crippen molar-refractivity contribution in [3.63, 3.8) is 0 Å². The van der Waals surface area contributed by atoms with Crippen molar-refractivity contribution in [3.8, 4) is 5.75 Å². The Kier molecular flexibility index (Phi) is 4.64. The highest BCUT2D eigenvalue weighted by Crippen LogP contribution is 2.12. The molecule has 1 aromatic rings. The third kappa shape index (κ3) is 4.68. The van der Waals surface area contributed by atoms with Gasteiger partial charge in [-0.05, 0) is 38.1 Å². The summed E-state index contributed by atoms with van der Waals surface area (Å²) in [5.41, 5.74) is 6.24. The number of hydrogen-bond acceptors (Lipinski definition) is 3. The summed E-state index contributed by atoms with van der Waals surface area (Å²) in [6.07, 6.45) is 0.364. The Bertz CT molecular complexity index is 333. The van der Waals surface area contributed by atoms with Gasteiger partial charge in [0.25, 0.3) is 0 Å². The lowest BCUT2D eigenvalue weighted by Gasteiger charge is -2.09. The highest BCUT2D eigenvalue weighted by Gasteiger charge is 2.03. The molecule has 0 fully saturated rings. The number of amides is 1. The number of nitrogens with two attached hydrogens (primary N) is 1. The first kappa shape index (κ1) is 12.4. The molecule has 0 bridgehead atoms. The Morgan fingerprint density at radius 3 is 2.56 bits per heavy atom. The third-order valence-electron chi connectivity index (χ3n) is 1.93. The Labute approximate surface area is 95.8 Å². The first-order valence-corrected chi connectivity index (χ1v) is 5.35. The van der Waals surface area contributed by atoms with Gasteiger partial charge in [0.2, 0.25) is 5.91 Å². The van der Waals surface area contributed by atoms with Crippen LogP contribution in [0.25, 0.3) is 0 Å². The molecular weight excluding hydrogens is 204 g/mol. The summed E-state index contributed by atoms with van der Waals surface area (Å²) in [6, 6.07) is 7.28. The highest BCUT2D eigenvalue weighted by molar-refractivity contribution is 5.76. The molecule has 0 unspecified atom stereocenters. The SMILES string of the molecule is CC(C)NC(=O)CCOc1ccc(N)cc1. The molecule has 0 aliphatic heterocycles. The van der Waals surface area contributed by atoms with E-state index in [4.69, 9.17) is 10.5 Å². The first-order chi connectivity index (χ1) is 7.58. The fourth-order valence-corrected chi connectivity index (χ4v) is 1.22. The minimum absolute atomic E-state index is 0.00504. The highest BCUT2D eigenvalue weighted by atomic mass is 16.5. The smallest absolute Gasteiger partial charge is 0.223 e. The molecule has 16 heavy (non-hydrogen) atoms. The van der Waals surface area contributed by atoms with Gasteiger partial charge in [0.15, 0.2) is 0 Å². The van der Waals surface area contributed by atoms with E-state index in [1.807, 2.05) is 13.8 Å². The summed E-state index contributed by atoms with van der Waals surface area (Å²) in [5.74, 6) is 0.733. The second-order valence-electron chi connectivity index (χ2n) is 3.89. The van der Waals surface area contributed by atoms with Crippen LogP contribution < -0.4 is 15.8 Å². The van der Waals surface area contributed by atoms with Gasteiger partial charge in [-0.15, -0.1) is 0 Å². The molecule has 0 spiro atoms. The molecule has 0 heterocycles. The van der Waals surface area contributed by atoms with Crippen LogP contribution in [0.4, 0.5) is 5.69 Å². The molecule has 1 amide bonds. The molecule has 0 aliphatic carbocycles. The second kappa shape index (κ2) is 6.00. The summed E-state index contributed by atoms with van der Waals surface area (Å²) in [4.78, 5) is 11.3. The van der Waals surface area contributed by atoms with Crippen LogP contribution in [-0.2, 0) is 4.79 Å². The predicted octanol–water partition coefficient (Wildman–Crippen LogP) is 1.56. The van der Waals surface area contributed by atoms with E-state index in [-0.39, 0.29) is 11.9 Å². The third-order valence-corrected chi connectivity index (χ3v) is 1.93. The van der Waals surface area contributed by atoms with Crippen LogP contribution in [0.5, 0.6) is 5.75 Å². The van der Waals surface area contributed by atoms with Crippen LogP contribution in [-0.4, -0.2) is 18.6 Å². The standard InChI is InChI=1S/C12H18N2O2/c1-9(2)14-12(15)7-8-16-11-5-3-10(13)4-6-11/h3-6,9H,7-8,13H2,1-2H3,(H,14,15). The van der Waals surface area contributed by atoms with E-state index in [0.717, 1.165) is 5.75 Å². The molecular formula is C12H18N2O2. The molecule has 88 valence electrons. The fraction of sp³-hybridized carbons (Fsp3) is 0.417. The van der Waals surface area contributed by atoms with Crippen molar-refractivity contribution in [2.75, 3.05) is 12.3 Å². The van der Waals surface area contributed by atoms with Crippen molar-refractivity contribution in [2.24, 2.45) is 0 Å². The maximum atomic E-state index is 11.3. The molecule has 1 aromatic carbocycles. The molecule has 0 saturated carbocycles. The number of anilines is 1. The van der Waals surface area contributed by atoms with Crippen LogP contribution in [0.1, 0.15) is 20.3 Å². The molecule has 4 heteroatoms. The number of hydrogen-bond donors (Lipinski definition) is 2. The summed E-state index contributed by atoms with van der Waals surface area (Å²) in [6.45, 7) is 4.24. The number of benzene rings is 1. The number of nitrogen functional groups attached to an aromatic ring is 1. The molecule has 0 saturated heterocycles. The number of carbonyl (C=O) groups excluding carboxylic acids is 1. The molecule has 0 radical (unpaired) electrons. The Morgan fingerprint density at radius 2 is 2.00 bits per heavy atom. The van der Waals surface area contributed by atoms with Crippen molar-refractivity contribution in [2.45, 2.75) is 26.3 Å². The predicted molar refractivity (Wildman–Crippen MR) is 64.2 cm³/mol. The van der Waals surface area contributed by atoms with Gasteiger partial charge in [-0.25, -0.2) is 0 Å². The lowest BCUT2D eigenvalue weighted by Crippen LogP contribution is -2.31. The lowest BCUT2D eigenvalue weighted by atomic mass is 10.3. The van der Waals surface area contributed by atoms with Crippen molar-refractivity contribution >= 4 is 11.6 Å². The average molecular weight is 222 g/mol. The van der Waals surface area contributed by atoms with Crippen LogP contribution >= 0.6 is 0 Å². The zero-order chi connectivity index (χ0) is 12.0. The zero-order valence-electron chi connectivity index (χ0n) is 9.69. The quantitative estimate of drug-likeness (QED) is 0.743. The van der Waals surface area contributed by atoms with E-state index in [2.05, 4.69) is 5.32 Å². The van der Waals surface area contributed by atoms with Gasteiger partial charge in [0.1, 0.15) is 5.75 Å². The molecule has 0 aromatic heterocycles. The Balaban J connectivity index is 2.25. The molecule has 3 N–H and O–H groups in total. The summed E-state index contributed by atoms with van der Waals surface area (Å²) in [5, 5.41) is 2.80. The summed E-state index contributed by atoms with van der Waals surface area (Å²) < 4.78 is 5.40. The monoisotopic (exact) mass is 222 g/mol. The van der Waals surface area contributed by atoms with Gasteiger partial charge >= 0.3 is 0 Å². The maximum absolute atomic E-state index is 11.3. The number of rotatable bonds is 5. The summed E-state index contributed by atoms with van der Waals surface area (Å²) in [7, 11) is 0. The minimum Gasteiger partial charge on any atom is -0.493 e. The number of carbonyl (C=O) groups is 1. The fourth-order valence-electron chi connectivity index (χ4n) is 1.22. The van der Waals surface area contributed by atoms with Crippen molar-refractivity contribution in [1.29, 1.82) is 0 Å². The van der Waals surface area contributed by atoms with Gasteiger partial charge in [-0.2, -0.15) is 0 Å². The van der Waals surface area contributed by atoms with E-state index in [1.165, 1.54) is 0 Å². The molecule has 0 aliphatic rings. The van der Waals surface area contributed by atoms with Crippen LogP contribution in [0.15, 0.2) is 24.3 Å². The lowest BCUT2D eigenvalue weighted by molar-refractivity contribution is -0.122. The maximum Gasteiger partial charge on any atom is 0.223 e. The van der Waals surface area contributed by atoms with E-state index in [0.29, 0.717) is 18.7 Å². The zero-order valence-corrected chi connectivity index (χ0v) is 9.69. The van der Waals surface area contributed by atoms with Gasteiger partial charge in [-0.3, -0.25) is 4.79 Å².